The van der Waals surface area contributed by atoms with Crippen molar-refractivity contribution in [2.24, 2.45) is 0 Å². The molecule has 0 spiro atoms. The zero-order valence-electron chi connectivity index (χ0n) is 12.2. The van der Waals surface area contributed by atoms with Crippen molar-refractivity contribution in [3.63, 3.8) is 0 Å². The van der Waals surface area contributed by atoms with Crippen LogP contribution in [0.5, 0.6) is 0 Å². The summed E-state index contributed by atoms with van der Waals surface area (Å²) < 4.78 is 50.2. The molecule has 2 rings (SSSR count). The molecule has 0 heterocycles. The molecule has 0 atom stereocenters. The highest BCUT2D eigenvalue weighted by atomic mass is 32.2. The summed E-state index contributed by atoms with van der Waals surface area (Å²) in [6.45, 7) is 1.54. The van der Waals surface area contributed by atoms with Crippen molar-refractivity contribution >= 4 is 25.5 Å². The zero-order chi connectivity index (χ0) is 17.1. The molecule has 0 aliphatic rings. The maximum Gasteiger partial charge on any atom is 0.261 e. The predicted molar refractivity (Wildman–Crippen MR) is 86.1 cm³/mol. The summed E-state index contributed by atoms with van der Waals surface area (Å²) in [6, 6.07) is 12.9. The average Bonchev–Trinajstić information content (AvgIpc) is 2.55. The second kappa shape index (κ2) is 6.40. The van der Waals surface area contributed by atoms with Gasteiger partial charge in [-0.25, -0.2) is 16.8 Å². The van der Waals surface area contributed by atoms with Crippen LogP contribution in [0.25, 0.3) is 0 Å². The summed E-state index contributed by atoms with van der Waals surface area (Å²) in [4.78, 5) is 0.156. The van der Waals surface area contributed by atoms with E-state index >= 15 is 0 Å². The van der Waals surface area contributed by atoms with Crippen LogP contribution in [0, 0.1) is 11.3 Å². The highest BCUT2D eigenvalue weighted by Crippen LogP contribution is 2.19. The minimum absolute atomic E-state index is 0.0155. The lowest BCUT2D eigenvalue weighted by molar-refractivity contribution is 0.597. The van der Waals surface area contributed by atoms with Gasteiger partial charge in [-0.3, -0.25) is 4.72 Å². The monoisotopic (exact) mass is 350 g/mol. The Morgan fingerprint density at radius 3 is 1.91 bits per heavy atom. The summed E-state index contributed by atoms with van der Waals surface area (Å²) in [6.07, 6.45) is 0. The molecule has 0 unspecified atom stereocenters. The third kappa shape index (κ3) is 3.88. The molecular formula is C15H14N2O4S2. The summed E-state index contributed by atoms with van der Waals surface area (Å²) in [7, 11) is -7.13. The second-order valence-electron chi connectivity index (χ2n) is 4.67. The van der Waals surface area contributed by atoms with Crippen molar-refractivity contribution in [2.75, 3.05) is 10.5 Å². The van der Waals surface area contributed by atoms with Gasteiger partial charge in [-0.05, 0) is 48.5 Å². The van der Waals surface area contributed by atoms with Gasteiger partial charge in [0.1, 0.15) is 0 Å². The van der Waals surface area contributed by atoms with Gasteiger partial charge in [-0.1, -0.05) is 6.92 Å². The first-order valence-electron chi connectivity index (χ1n) is 6.64. The number of anilines is 1. The van der Waals surface area contributed by atoms with Crippen LogP contribution < -0.4 is 4.72 Å². The molecule has 0 saturated carbocycles. The highest BCUT2D eigenvalue weighted by Gasteiger charge is 2.15. The van der Waals surface area contributed by atoms with E-state index in [4.69, 9.17) is 5.26 Å². The molecule has 1 N–H and O–H groups in total. The van der Waals surface area contributed by atoms with Gasteiger partial charge in [0.05, 0.1) is 27.2 Å². The lowest BCUT2D eigenvalue weighted by Gasteiger charge is -2.09. The van der Waals surface area contributed by atoms with Crippen LogP contribution in [0.2, 0.25) is 0 Å². The summed E-state index contributed by atoms with van der Waals surface area (Å²) >= 11 is 0. The standard InChI is InChI=1S/C15H14N2O4S2/c1-2-22(18,19)14-9-5-13(6-10-14)17-23(20,21)15-7-3-12(11-16)4-8-15/h3-10,17H,2H2,1H3. The molecule has 0 fully saturated rings. The molecule has 0 saturated heterocycles. The maximum atomic E-state index is 12.2. The van der Waals surface area contributed by atoms with Crippen LogP contribution in [-0.2, 0) is 19.9 Å². The number of nitriles is 1. The lowest BCUT2D eigenvalue weighted by Crippen LogP contribution is -2.13. The molecule has 0 aliphatic carbocycles. The Balaban J connectivity index is 2.25. The number of sulfonamides is 1. The SMILES string of the molecule is CCS(=O)(=O)c1ccc(NS(=O)(=O)c2ccc(C#N)cc2)cc1. The quantitative estimate of drug-likeness (QED) is 0.890. The van der Waals surface area contributed by atoms with E-state index in [9.17, 15) is 16.8 Å². The maximum absolute atomic E-state index is 12.2. The van der Waals surface area contributed by atoms with Gasteiger partial charge in [0.15, 0.2) is 9.84 Å². The van der Waals surface area contributed by atoms with Gasteiger partial charge in [-0.15, -0.1) is 0 Å². The van der Waals surface area contributed by atoms with Crippen molar-refractivity contribution in [3.8, 4) is 6.07 Å². The van der Waals surface area contributed by atoms with E-state index in [2.05, 4.69) is 4.72 Å². The third-order valence-electron chi connectivity index (χ3n) is 3.14. The largest absolute Gasteiger partial charge is 0.280 e. The van der Waals surface area contributed by atoms with Crippen LogP contribution in [0.1, 0.15) is 12.5 Å². The van der Waals surface area contributed by atoms with Gasteiger partial charge in [-0.2, -0.15) is 5.26 Å². The molecular weight excluding hydrogens is 336 g/mol. The number of hydrogen-bond donors (Lipinski definition) is 1. The molecule has 2 aromatic carbocycles. The summed E-state index contributed by atoms with van der Waals surface area (Å²) in [5.74, 6) is -0.0245. The highest BCUT2D eigenvalue weighted by molar-refractivity contribution is 7.92. The molecule has 0 bridgehead atoms. The van der Waals surface area contributed by atoms with Crippen LogP contribution in [0.3, 0.4) is 0 Å². The van der Waals surface area contributed by atoms with Gasteiger partial charge in [0.2, 0.25) is 0 Å². The van der Waals surface area contributed by atoms with Crippen molar-refractivity contribution < 1.29 is 16.8 Å². The number of nitrogens with zero attached hydrogens (tertiary/aromatic N) is 1. The Kier molecular flexibility index (Phi) is 4.73. The smallest absolute Gasteiger partial charge is 0.261 e. The van der Waals surface area contributed by atoms with E-state index in [0.29, 0.717) is 5.56 Å². The fourth-order valence-electron chi connectivity index (χ4n) is 1.82. The predicted octanol–water partition coefficient (Wildman–Crippen LogP) is 2.15. The normalized spacial score (nSPS) is 11.7. The van der Waals surface area contributed by atoms with E-state index in [1.807, 2.05) is 6.07 Å². The van der Waals surface area contributed by atoms with Gasteiger partial charge >= 0.3 is 0 Å². The number of nitrogens with one attached hydrogen (secondary N) is 1. The topological polar surface area (TPSA) is 104 Å². The Labute approximate surface area is 135 Å². The molecule has 0 amide bonds. The van der Waals surface area contributed by atoms with Crippen LogP contribution >= 0.6 is 0 Å². The fourth-order valence-corrected chi connectivity index (χ4v) is 3.76. The number of hydrogen-bond acceptors (Lipinski definition) is 5. The molecule has 120 valence electrons. The lowest BCUT2D eigenvalue weighted by atomic mass is 10.2. The molecule has 0 radical (unpaired) electrons. The third-order valence-corrected chi connectivity index (χ3v) is 6.29. The zero-order valence-corrected chi connectivity index (χ0v) is 13.9. The number of benzene rings is 2. The van der Waals surface area contributed by atoms with Crippen LogP contribution in [0.4, 0.5) is 5.69 Å². The van der Waals surface area contributed by atoms with Gasteiger partial charge in [0, 0.05) is 5.69 Å². The molecule has 0 aliphatic heterocycles. The number of rotatable bonds is 5. The van der Waals surface area contributed by atoms with E-state index in [1.54, 1.807) is 0 Å². The molecule has 6 nitrogen and oxygen atoms in total. The van der Waals surface area contributed by atoms with Crippen molar-refractivity contribution in [1.82, 2.24) is 0 Å². The minimum atomic E-state index is -3.80. The Morgan fingerprint density at radius 2 is 1.43 bits per heavy atom. The second-order valence-corrected chi connectivity index (χ2v) is 8.63. The molecule has 8 heteroatoms. The number of sulfone groups is 1. The van der Waals surface area contributed by atoms with E-state index in [-0.39, 0.29) is 21.2 Å². The van der Waals surface area contributed by atoms with Gasteiger partial charge < -0.3 is 0 Å². The Hall–Kier alpha value is -2.37. The molecule has 23 heavy (non-hydrogen) atoms. The van der Waals surface area contributed by atoms with Crippen molar-refractivity contribution in [3.05, 3.63) is 54.1 Å². The first-order chi connectivity index (χ1) is 10.8. The van der Waals surface area contributed by atoms with E-state index in [1.165, 1.54) is 55.5 Å². The fraction of sp³-hybridized carbons (Fsp3) is 0.133. The first-order valence-corrected chi connectivity index (χ1v) is 9.78. The average molecular weight is 350 g/mol. The molecule has 2 aromatic rings. The van der Waals surface area contributed by atoms with Crippen LogP contribution in [0.15, 0.2) is 58.3 Å². The summed E-state index contributed by atoms with van der Waals surface area (Å²) in [5, 5.41) is 8.71. The van der Waals surface area contributed by atoms with Gasteiger partial charge in [0.25, 0.3) is 10.0 Å². The molecule has 0 aromatic heterocycles. The minimum Gasteiger partial charge on any atom is -0.280 e. The Morgan fingerprint density at radius 1 is 0.913 bits per heavy atom. The van der Waals surface area contributed by atoms with Crippen LogP contribution in [-0.4, -0.2) is 22.6 Å². The summed E-state index contributed by atoms with van der Waals surface area (Å²) in [5.41, 5.74) is 0.613. The van der Waals surface area contributed by atoms with E-state index < -0.39 is 19.9 Å². The Bertz CT molecular complexity index is 940. The van der Waals surface area contributed by atoms with Crippen molar-refractivity contribution in [1.29, 1.82) is 5.26 Å². The van der Waals surface area contributed by atoms with E-state index in [0.717, 1.165) is 0 Å². The first kappa shape index (κ1) is 17.0. The van der Waals surface area contributed by atoms with Crippen molar-refractivity contribution in [2.45, 2.75) is 16.7 Å².